The first-order valence-corrected chi connectivity index (χ1v) is 13.9. The van der Waals surface area contributed by atoms with Gasteiger partial charge in [0.15, 0.2) is 5.43 Å². The van der Waals surface area contributed by atoms with Crippen molar-refractivity contribution < 1.29 is 5.11 Å². The second kappa shape index (κ2) is 11.5. The van der Waals surface area contributed by atoms with E-state index in [2.05, 4.69) is 27.9 Å². The molecule has 3 N–H and O–H groups in total. The average molecular weight is 523 g/mol. The summed E-state index contributed by atoms with van der Waals surface area (Å²) in [6.45, 7) is 5.24. The van der Waals surface area contributed by atoms with E-state index in [1.165, 1.54) is 24.8 Å². The summed E-state index contributed by atoms with van der Waals surface area (Å²) in [5.74, 6) is 0.0682. The highest BCUT2D eigenvalue weighted by Crippen LogP contribution is 2.32. The van der Waals surface area contributed by atoms with E-state index >= 15 is 0 Å². The molecule has 0 aliphatic carbocycles. The summed E-state index contributed by atoms with van der Waals surface area (Å²) < 4.78 is 1.65. The quantitative estimate of drug-likeness (QED) is 0.156. The van der Waals surface area contributed by atoms with Crippen LogP contribution >= 0.6 is 0 Å². The Bertz CT molecular complexity index is 1710. The highest BCUT2D eigenvalue weighted by Gasteiger charge is 2.19. The molecule has 1 fully saturated rings. The molecule has 39 heavy (non-hydrogen) atoms. The molecule has 200 valence electrons. The van der Waals surface area contributed by atoms with Crippen LogP contribution in [0.15, 0.2) is 76.5 Å². The van der Waals surface area contributed by atoms with Gasteiger partial charge in [0.1, 0.15) is 5.52 Å². The minimum absolute atomic E-state index is 0.0682. The molecule has 1 aliphatic heterocycles. The number of aromatic nitrogens is 2. The lowest BCUT2D eigenvalue weighted by molar-refractivity contribution is 0.150. The Morgan fingerprint density at radius 2 is 1.62 bits per heavy atom. The SMILES string of the molecule is O=c1c2ccccc2c2nn(CCNN3CCCCC3)c(O)c3ccc(=NCCNCc4ccccc4)c1c32. The van der Waals surface area contributed by atoms with Crippen molar-refractivity contribution in [3.63, 3.8) is 0 Å². The molecular formula is C31H34N6O2. The number of hydrogen-bond acceptors (Lipinski definition) is 7. The molecule has 2 heterocycles. The van der Waals surface area contributed by atoms with Gasteiger partial charge in [0, 0.05) is 54.3 Å². The van der Waals surface area contributed by atoms with Gasteiger partial charge in [0.05, 0.1) is 23.8 Å². The van der Waals surface area contributed by atoms with Crippen LogP contribution in [0.25, 0.3) is 32.4 Å². The fraction of sp³-hybridized carbons (Fsp3) is 0.323. The van der Waals surface area contributed by atoms with Gasteiger partial charge in [0.25, 0.3) is 0 Å². The molecule has 0 amide bonds. The van der Waals surface area contributed by atoms with Gasteiger partial charge in [-0.3, -0.25) is 15.2 Å². The predicted octanol–water partition coefficient (Wildman–Crippen LogP) is 3.53. The van der Waals surface area contributed by atoms with Gasteiger partial charge in [-0.1, -0.05) is 61.0 Å². The molecule has 1 saturated heterocycles. The van der Waals surface area contributed by atoms with Gasteiger partial charge in [0.2, 0.25) is 5.88 Å². The Hall–Kier alpha value is -3.85. The van der Waals surface area contributed by atoms with Gasteiger partial charge in [-0.2, -0.15) is 5.10 Å². The van der Waals surface area contributed by atoms with E-state index in [9.17, 15) is 9.90 Å². The van der Waals surface area contributed by atoms with Crippen molar-refractivity contribution in [3.8, 4) is 5.88 Å². The van der Waals surface area contributed by atoms with Gasteiger partial charge in [-0.05, 0) is 30.5 Å². The molecule has 8 nitrogen and oxygen atoms in total. The highest BCUT2D eigenvalue weighted by atomic mass is 16.3. The Morgan fingerprint density at radius 3 is 2.44 bits per heavy atom. The number of piperidine rings is 1. The third kappa shape index (κ3) is 5.23. The van der Waals surface area contributed by atoms with Gasteiger partial charge in [-0.25, -0.2) is 9.69 Å². The molecule has 0 saturated carbocycles. The third-order valence-corrected chi connectivity index (χ3v) is 7.54. The normalized spacial score (nSPS) is 15.1. The monoisotopic (exact) mass is 522 g/mol. The fourth-order valence-electron chi connectivity index (χ4n) is 5.56. The third-order valence-electron chi connectivity index (χ3n) is 7.54. The number of aromatic hydroxyl groups is 1. The van der Waals surface area contributed by atoms with Crippen molar-refractivity contribution in [1.82, 2.24) is 25.5 Å². The number of fused-ring (bicyclic) bond motifs is 2. The zero-order valence-corrected chi connectivity index (χ0v) is 22.1. The number of nitrogens with zero attached hydrogens (tertiary/aromatic N) is 4. The van der Waals surface area contributed by atoms with Crippen molar-refractivity contribution in [2.75, 3.05) is 32.7 Å². The summed E-state index contributed by atoms with van der Waals surface area (Å²) in [6.07, 6.45) is 3.68. The zero-order chi connectivity index (χ0) is 26.6. The van der Waals surface area contributed by atoms with E-state index < -0.39 is 0 Å². The smallest absolute Gasteiger partial charge is 0.215 e. The second-order valence-electron chi connectivity index (χ2n) is 10.2. The van der Waals surface area contributed by atoms with Crippen LogP contribution in [0.4, 0.5) is 0 Å². The largest absolute Gasteiger partial charge is 0.493 e. The number of hydrazine groups is 1. The van der Waals surface area contributed by atoms with Crippen molar-refractivity contribution in [1.29, 1.82) is 0 Å². The van der Waals surface area contributed by atoms with E-state index in [4.69, 9.17) is 10.1 Å². The molecule has 4 aromatic carbocycles. The molecule has 1 aliphatic rings. The van der Waals surface area contributed by atoms with Crippen LogP contribution in [-0.4, -0.2) is 52.6 Å². The van der Waals surface area contributed by atoms with Gasteiger partial charge < -0.3 is 10.4 Å². The van der Waals surface area contributed by atoms with Crippen LogP contribution < -0.4 is 21.5 Å². The predicted molar refractivity (Wildman–Crippen MR) is 156 cm³/mol. The lowest BCUT2D eigenvalue weighted by Gasteiger charge is -2.27. The van der Waals surface area contributed by atoms with E-state index in [-0.39, 0.29) is 11.3 Å². The minimum Gasteiger partial charge on any atom is -0.493 e. The number of benzene rings is 4. The molecular weight excluding hydrogens is 488 g/mol. The van der Waals surface area contributed by atoms with Crippen molar-refractivity contribution in [2.24, 2.45) is 4.99 Å². The molecule has 6 rings (SSSR count). The van der Waals surface area contributed by atoms with Crippen LogP contribution in [0.3, 0.4) is 0 Å². The van der Waals surface area contributed by atoms with Gasteiger partial charge in [-0.15, -0.1) is 0 Å². The Labute approximate surface area is 226 Å². The Morgan fingerprint density at radius 1 is 0.846 bits per heavy atom. The van der Waals surface area contributed by atoms with Crippen LogP contribution in [0.1, 0.15) is 24.8 Å². The van der Waals surface area contributed by atoms with E-state index in [1.807, 2.05) is 54.6 Å². The van der Waals surface area contributed by atoms with Crippen LogP contribution in [-0.2, 0) is 13.1 Å². The maximum absolute atomic E-state index is 13.7. The lowest BCUT2D eigenvalue weighted by Crippen LogP contribution is -2.43. The molecule has 0 spiro atoms. The van der Waals surface area contributed by atoms with E-state index in [0.717, 1.165) is 25.0 Å². The molecule has 1 aromatic heterocycles. The minimum atomic E-state index is -0.0783. The van der Waals surface area contributed by atoms with Crippen molar-refractivity contribution >= 4 is 32.4 Å². The number of nitrogens with one attached hydrogen (secondary N) is 2. The first kappa shape index (κ1) is 25.4. The highest BCUT2D eigenvalue weighted by molar-refractivity contribution is 6.20. The summed E-state index contributed by atoms with van der Waals surface area (Å²) in [7, 11) is 0. The summed E-state index contributed by atoms with van der Waals surface area (Å²) >= 11 is 0. The standard InChI is InChI=1S/C31H34N6O2/c38-30-24-12-6-5-11-23(24)29-27-25(31(39)37(35-29)20-17-34-36-18-7-2-8-19-36)13-14-26(28(27)30)33-16-15-32-21-22-9-3-1-4-10-22/h1,3-6,9-14,32,34,39H,2,7-8,15-21H2. The van der Waals surface area contributed by atoms with Crippen molar-refractivity contribution in [2.45, 2.75) is 32.4 Å². The molecule has 0 unspecified atom stereocenters. The molecule has 5 aromatic rings. The maximum atomic E-state index is 13.7. The van der Waals surface area contributed by atoms with Crippen LogP contribution in [0.5, 0.6) is 5.88 Å². The summed E-state index contributed by atoms with van der Waals surface area (Å²) in [4.78, 5) is 18.5. The summed E-state index contributed by atoms with van der Waals surface area (Å²) in [6, 6.07) is 21.5. The molecule has 0 radical (unpaired) electrons. The zero-order valence-electron chi connectivity index (χ0n) is 22.1. The Balaban J connectivity index is 1.34. The average Bonchev–Trinajstić information content (AvgIpc) is 2.98. The van der Waals surface area contributed by atoms with E-state index in [0.29, 0.717) is 58.6 Å². The fourth-order valence-corrected chi connectivity index (χ4v) is 5.56. The molecule has 8 heteroatoms. The number of hydrogen-bond donors (Lipinski definition) is 3. The number of rotatable bonds is 9. The maximum Gasteiger partial charge on any atom is 0.215 e. The van der Waals surface area contributed by atoms with Crippen LogP contribution in [0, 0.1) is 0 Å². The first-order chi connectivity index (χ1) is 19.2. The summed E-state index contributed by atoms with van der Waals surface area (Å²) in [5, 5.41) is 25.6. The van der Waals surface area contributed by atoms with Crippen LogP contribution in [0.2, 0.25) is 0 Å². The summed E-state index contributed by atoms with van der Waals surface area (Å²) in [5.41, 5.74) is 5.33. The first-order valence-electron chi connectivity index (χ1n) is 13.9. The molecule has 0 bridgehead atoms. The van der Waals surface area contributed by atoms with Crippen molar-refractivity contribution in [3.05, 3.63) is 87.9 Å². The molecule has 0 atom stereocenters. The second-order valence-corrected chi connectivity index (χ2v) is 10.2. The Kier molecular flexibility index (Phi) is 7.49. The van der Waals surface area contributed by atoms with Gasteiger partial charge >= 0.3 is 0 Å². The van der Waals surface area contributed by atoms with E-state index in [1.54, 1.807) is 4.68 Å². The lowest BCUT2D eigenvalue weighted by atomic mass is 9.98. The topological polar surface area (TPSA) is 94.8 Å².